The maximum Gasteiger partial charge on any atom is 0.136 e. The first-order valence-electron chi connectivity index (χ1n) is 9.59. The highest BCUT2D eigenvalue weighted by Crippen LogP contribution is 2.72. The van der Waals surface area contributed by atoms with Crippen molar-refractivity contribution in [2.24, 2.45) is 23.2 Å². The molecule has 4 aliphatic carbocycles. The first kappa shape index (κ1) is 15.3. The quantitative estimate of drug-likeness (QED) is 0.648. The molecule has 1 nitrogen and oxygen atoms in total. The van der Waals surface area contributed by atoms with Crippen molar-refractivity contribution < 1.29 is 4.79 Å². The van der Waals surface area contributed by atoms with Gasteiger partial charge in [-0.1, -0.05) is 29.8 Å². The van der Waals surface area contributed by atoms with Crippen molar-refractivity contribution >= 4 is 17.5 Å². The zero-order valence-corrected chi connectivity index (χ0v) is 15.3. The normalized spacial score (nSPS) is 43.3. The van der Waals surface area contributed by atoms with Crippen molar-refractivity contribution in [2.75, 3.05) is 0 Å². The van der Waals surface area contributed by atoms with Crippen LogP contribution in [-0.2, 0) is 4.79 Å². The van der Waals surface area contributed by atoms with Gasteiger partial charge in [-0.25, -0.2) is 0 Å². The highest BCUT2D eigenvalue weighted by molar-refractivity contribution is 8.00. The minimum Gasteiger partial charge on any atom is -0.299 e. The maximum absolute atomic E-state index is 12.8. The summed E-state index contributed by atoms with van der Waals surface area (Å²) >= 11 is 2.09. The van der Waals surface area contributed by atoms with Crippen molar-refractivity contribution in [3.05, 3.63) is 42.0 Å². The fourth-order valence-corrected chi connectivity index (χ4v) is 8.66. The van der Waals surface area contributed by atoms with Crippen molar-refractivity contribution in [3.63, 3.8) is 0 Å². The molecular formula is C22H26OS. The second kappa shape index (κ2) is 5.24. The largest absolute Gasteiger partial charge is 0.299 e. The molecule has 5 atom stereocenters. The lowest BCUT2D eigenvalue weighted by atomic mass is 9.47. The number of Topliss-reactive ketones (excluding diaryl/α,β-unsaturated/α-hetero) is 1. The van der Waals surface area contributed by atoms with Gasteiger partial charge in [0.1, 0.15) is 5.78 Å². The van der Waals surface area contributed by atoms with Gasteiger partial charge in [0.05, 0.1) is 0 Å². The average molecular weight is 339 g/mol. The first-order chi connectivity index (χ1) is 11.6. The van der Waals surface area contributed by atoms with Gasteiger partial charge in [0, 0.05) is 22.0 Å². The molecule has 5 rings (SSSR count). The van der Waals surface area contributed by atoms with Crippen molar-refractivity contribution in [1.29, 1.82) is 0 Å². The number of rotatable bonds is 2. The lowest BCUT2D eigenvalue weighted by Gasteiger charge is -2.60. The summed E-state index contributed by atoms with van der Waals surface area (Å²) in [6, 6.07) is 10.9. The van der Waals surface area contributed by atoms with Gasteiger partial charge in [-0.2, -0.15) is 0 Å². The van der Waals surface area contributed by atoms with Crippen LogP contribution in [0.1, 0.15) is 51.9 Å². The summed E-state index contributed by atoms with van der Waals surface area (Å²) in [5.74, 6) is 2.44. The molecule has 4 aliphatic rings. The zero-order chi connectivity index (χ0) is 16.4. The number of carbonyl (C=O) groups is 1. The molecule has 2 heteroatoms. The molecule has 24 heavy (non-hydrogen) atoms. The van der Waals surface area contributed by atoms with Gasteiger partial charge in [-0.05, 0) is 74.8 Å². The van der Waals surface area contributed by atoms with E-state index in [-0.39, 0.29) is 4.75 Å². The molecule has 1 aromatic carbocycles. The van der Waals surface area contributed by atoms with E-state index in [1.165, 1.54) is 30.6 Å². The minimum atomic E-state index is 0.229. The molecule has 0 N–H and O–H groups in total. The van der Waals surface area contributed by atoms with E-state index in [4.69, 9.17) is 0 Å². The van der Waals surface area contributed by atoms with Gasteiger partial charge in [0.15, 0.2) is 0 Å². The molecule has 0 radical (unpaired) electrons. The Bertz CT molecular complexity index is 708. The molecule has 0 heterocycles. The Hall–Kier alpha value is -1.02. The smallest absolute Gasteiger partial charge is 0.136 e. The predicted molar refractivity (Wildman–Crippen MR) is 99.0 cm³/mol. The zero-order valence-electron chi connectivity index (χ0n) is 14.5. The lowest BCUT2D eigenvalue weighted by molar-refractivity contribution is -0.140. The molecule has 3 saturated carbocycles. The highest BCUT2D eigenvalue weighted by Gasteiger charge is 2.67. The van der Waals surface area contributed by atoms with E-state index in [9.17, 15) is 4.79 Å². The Morgan fingerprint density at radius 3 is 2.75 bits per heavy atom. The van der Waals surface area contributed by atoms with Gasteiger partial charge in [0.25, 0.3) is 0 Å². The summed E-state index contributed by atoms with van der Waals surface area (Å²) in [4.78, 5) is 14.2. The molecule has 0 aliphatic heterocycles. The lowest BCUT2D eigenvalue weighted by Crippen LogP contribution is -2.58. The monoisotopic (exact) mass is 338 g/mol. The van der Waals surface area contributed by atoms with Gasteiger partial charge in [0.2, 0.25) is 0 Å². The SMILES string of the molecule is CC1=C[C@]2(Sc3ccccc3)CC[C@@H]3C(=O)CC[C@@H]4CC[C@@H]2[C@@]43C1. The van der Waals surface area contributed by atoms with E-state index >= 15 is 0 Å². The van der Waals surface area contributed by atoms with Gasteiger partial charge in [-0.15, -0.1) is 11.8 Å². The number of thioether (sulfide) groups is 1. The Balaban J connectivity index is 1.62. The summed E-state index contributed by atoms with van der Waals surface area (Å²) < 4.78 is 0.229. The summed E-state index contributed by atoms with van der Waals surface area (Å²) in [5, 5.41) is 0. The summed E-state index contributed by atoms with van der Waals surface area (Å²) in [6.07, 6.45) is 10.8. The average Bonchev–Trinajstić information content (AvgIpc) is 2.94. The van der Waals surface area contributed by atoms with Crippen molar-refractivity contribution in [1.82, 2.24) is 0 Å². The van der Waals surface area contributed by atoms with E-state index in [2.05, 4.69) is 55.1 Å². The summed E-state index contributed by atoms with van der Waals surface area (Å²) in [5.41, 5.74) is 1.84. The number of hydrogen-bond donors (Lipinski definition) is 0. The van der Waals surface area contributed by atoms with E-state index in [0.717, 1.165) is 25.2 Å². The van der Waals surface area contributed by atoms with E-state index in [1.807, 2.05) is 0 Å². The predicted octanol–water partition coefficient (Wildman–Crippen LogP) is 5.65. The van der Waals surface area contributed by atoms with Crippen LogP contribution in [-0.4, -0.2) is 10.5 Å². The summed E-state index contributed by atoms with van der Waals surface area (Å²) in [7, 11) is 0. The Morgan fingerprint density at radius 1 is 1.08 bits per heavy atom. The topological polar surface area (TPSA) is 17.1 Å². The number of hydrogen-bond acceptors (Lipinski definition) is 2. The van der Waals surface area contributed by atoms with Crippen LogP contribution in [0.25, 0.3) is 0 Å². The van der Waals surface area contributed by atoms with Crippen LogP contribution in [0.15, 0.2) is 46.9 Å². The molecule has 126 valence electrons. The van der Waals surface area contributed by atoms with Crippen LogP contribution in [0.5, 0.6) is 0 Å². The Morgan fingerprint density at radius 2 is 1.92 bits per heavy atom. The third kappa shape index (κ3) is 1.92. The number of allylic oxidation sites excluding steroid dienone is 1. The van der Waals surface area contributed by atoms with Crippen molar-refractivity contribution in [2.45, 2.75) is 61.5 Å². The first-order valence-corrected chi connectivity index (χ1v) is 10.4. The minimum absolute atomic E-state index is 0.229. The van der Waals surface area contributed by atoms with Crippen LogP contribution in [0.3, 0.4) is 0 Å². The third-order valence-corrected chi connectivity index (χ3v) is 9.02. The standard InChI is InChI=1S/C22H26OS/c1-15-13-21(24-17-5-3-2-4-6-17)12-11-18-19(23)9-7-16-8-10-20(21)22(16,18)14-15/h2-6,13,16,18,20H,7-12,14H2,1H3/t16-,18-,20+,21-,22+/m1/s1. The fourth-order valence-electron chi connectivity index (χ4n) is 6.97. The van der Waals surface area contributed by atoms with Gasteiger partial charge < -0.3 is 0 Å². The molecule has 0 aromatic heterocycles. The third-order valence-electron chi connectivity index (χ3n) is 7.53. The van der Waals surface area contributed by atoms with E-state index < -0.39 is 0 Å². The van der Waals surface area contributed by atoms with Crippen molar-refractivity contribution in [3.8, 4) is 0 Å². The molecule has 0 saturated heterocycles. The Kier molecular flexibility index (Phi) is 3.33. The molecule has 0 unspecified atom stereocenters. The molecule has 1 aromatic rings. The van der Waals surface area contributed by atoms with Gasteiger partial charge in [-0.3, -0.25) is 4.79 Å². The van der Waals surface area contributed by atoms with Crippen LogP contribution in [0.2, 0.25) is 0 Å². The summed E-state index contributed by atoms with van der Waals surface area (Å²) in [6.45, 7) is 2.32. The van der Waals surface area contributed by atoms with Crippen LogP contribution >= 0.6 is 11.8 Å². The molecule has 0 amide bonds. The maximum atomic E-state index is 12.8. The number of benzene rings is 1. The van der Waals surface area contributed by atoms with Crippen LogP contribution in [0, 0.1) is 23.2 Å². The Labute approximate surface area is 149 Å². The van der Waals surface area contributed by atoms with Gasteiger partial charge >= 0.3 is 0 Å². The molecule has 2 bridgehead atoms. The number of carbonyl (C=O) groups excluding carboxylic acids is 1. The van der Waals surface area contributed by atoms with E-state index in [1.54, 1.807) is 5.57 Å². The fraction of sp³-hybridized carbons (Fsp3) is 0.591. The second-order valence-corrected chi connectivity index (χ2v) is 10.0. The van der Waals surface area contributed by atoms with E-state index in [0.29, 0.717) is 23.0 Å². The van der Waals surface area contributed by atoms with Crippen LogP contribution in [0.4, 0.5) is 0 Å². The second-order valence-electron chi connectivity index (χ2n) is 8.57. The molecule has 1 spiro atoms. The highest BCUT2D eigenvalue weighted by atomic mass is 32.2. The molecular weight excluding hydrogens is 312 g/mol. The molecule has 3 fully saturated rings. The van der Waals surface area contributed by atoms with Crippen LogP contribution < -0.4 is 0 Å². The number of ketones is 1.